The van der Waals surface area contributed by atoms with Crippen molar-refractivity contribution in [2.45, 2.75) is 24.3 Å². The van der Waals surface area contributed by atoms with Crippen molar-refractivity contribution in [3.8, 4) is 0 Å². The molecule has 0 radical (unpaired) electrons. The van der Waals surface area contributed by atoms with E-state index in [4.69, 9.17) is 16.7 Å². The normalized spacial score (nSPS) is 13.8. The maximum Gasteiger partial charge on any atom is 0.179 e. The van der Waals surface area contributed by atoms with Crippen LogP contribution in [0.3, 0.4) is 0 Å². The van der Waals surface area contributed by atoms with Gasteiger partial charge in [0.05, 0.1) is 11.1 Å². The van der Waals surface area contributed by atoms with Gasteiger partial charge in [0.25, 0.3) is 0 Å². The van der Waals surface area contributed by atoms with Crippen molar-refractivity contribution in [3.63, 3.8) is 0 Å². The van der Waals surface area contributed by atoms with Crippen LogP contribution in [0.15, 0.2) is 17.0 Å². The Hall–Kier alpha value is -0.650. The van der Waals surface area contributed by atoms with E-state index in [0.29, 0.717) is 5.56 Å². The van der Waals surface area contributed by atoms with Gasteiger partial charge in [0, 0.05) is 6.26 Å². The summed E-state index contributed by atoms with van der Waals surface area (Å²) >= 11 is 5.70. The van der Waals surface area contributed by atoms with Gasteiger partial charge >= 0.3 is 0 Å². The molecule has 1 aromatic rings. The second-order valence-electron chi connectivity index (χ2n) is 3.71. The molecule has 0 aliphatic heterocycles. The minimum absolute atomic E-state index is 0.154. The number of aliphatic hydroxyl groups excluding tert-OH is 1. The fourth-order valence-corrected chi connectivity index (χ4v) is 2.90. The summed E-state index contributed by atoms with van der Waals surface area (Å²) < 4.78 is 36.0. The summed E-state index contributed by atoms with van der Waals surface area (Å²) in [6.45, 7) is 1.55. The van der Waals surface area contributed by atoms with Gasteiger partial charge in [0.15, 0.2) is 9.84 Å². The molecule has 1 unspecified atom stereocenters. The molecule has 0 bridgehead atoms. The Bertz CT molecular complexity index is 474. The van der Waals surface area contributed by atoms with Crippen LogP contribution in [0.4, 0.5) is 4.39 Å². The maximum atomic E-state index is 13.5. The molecule has 3 nitrogen and oxygen atoms in total. The van der Waals surface area contributed by atoms with Gasteiger partial charge in [-0.2, -0.15) is 0 Å². The number of sulfone groups is 1. The molecule has 0 saturated carbocycles. The van der Waals surface area contributed by atoms with Crippen LogP contribution >= 0.6 is 11.6 Å². The van der Waals surface area contributed by atoms with Crippen LogP contribution in [0.1, 0.15) is 12.5 Å². The third kappa shape index (κ3) is 3.17. The molecular formula is C10H12ClFO3S. The van der Waals surface area contributed by atoms with E-state index >= 15 is 0 Å². The molecule has 16 heavy (non-hydrogen) atoms. The van der Waals surface area contributed by atoms with E-state index in [2.05, 4.69) is 0 Å². The second-order valence-corrected chi connectivity index (χ2v) is 6.07. The molecule has 0 heterocycles. The smallest absolute Gasteiger partial charge is 0.179 e. The van der Waals surface area contributed by atoms with Crippen LogP contribution in [-0.2, 0) is 16.3 Å². The van der Waals surface area contributed by atoms with E-state index in [1.54, 1.807) is 6.92 Å². The van der Waals surface area contributed by atoms with Gasteiger partial charge in [-0.1, -0.05) is 11.6 Å². The molecule has 90 valence electrons. The summed E-state index contributed by atoms with van der Waals surface area (Å²) in [7, 11) is -3.68. The number of benzene rings is 1. The van der Waals surface area contributed by atoms with Crippen LogP contribution in [-0.4, -0.2) is 25.9 Å². The molecular weight excluding hydrogens is 255 g/mol. The molecule has 0 spiro atoms. The number of hydrogen-bond acceptors (Lipinski definition) is 3. The minimum Gasteiger partial charge on any atom is -0.393 e. The van der Waals surface area contributed by atoms with E-state index < -0.39 is 26.7 Å². The first kappa shape index (κ1) is 13.4. The van der Waals surface area contributed by atoms with Gasteiger partial charge in [0.2, 0.25) is 0 Å². The zero-order chi connectivity index (χ0) is 12.5. The van der Waals surface area contributed by atoms with Crippen LogP contribution in [0, 0.1) is 5.82 Å². The van der Waals surface area contributed by atoms with Gasteiger partial charge < -0.3 is 5.11 Å². The highest BCUT2D eigenvalue weighted by molar-refractivity contribution is 7.90. The van der Waals surface area contributed by atoms with Crippen LogP contribution in [0.2, 0.25) is 5.02 Å². The van der Waals surface area contributed by atoms with E-state index in [1.165, 1.54) is 6.07 Å². The lowest BCUT2D eigenvalue weighted by Crippen LogP contribution is -2.07. The standard InChI is InChI=1S/C10H12ClFO3S/c1-6(13)3-7-4-8(11)10(9(12)5-7)16(2,14)15/h4-6,13H,3H2,1-2H3. The first-order valence-electron chi connectivity index (χ1n) is 4.58. The van der Waals surface area contributed by atoms with E-state index in [-0.39, 0.29) is 11.4 Å². The Balaban J connectivity index is 3.29. The molecule has 0 saturated heterocycles. The minimum atomic E-state index is -3.68. The molecule has 1 atom stereocenters. The molecule has 1 N–H and O–H groups in total. The van der Waals surface area contributed by atoms with E-state index in [1.807, 2.05) is 0 Å². The first-order chi connectivity index (χ1) is 7.21. The molecule has 0 fully saturated rings. The van der Waals surface area contributed by atoms with Crippen LogP contribution < -0.4 is 0 Å². The summed E-state index contributed by atoms with van der Waals surface area (Å²) in [6.07, 6.45) is 0.478. The Kier molecular flexibility index (Phi) is 3.93. The Morgan fingerprint density at radius 2 is 2.06 bits per heavy atom. The molecule has 1 aromatic carbocycles. The predicted molar refractivity (Wildman–Crippen MR) is 59.9 cm³/mol. The molecule has 1 rings (SSSR count). The number of rotatable bonds is 3. The van der Waals surface area contributed by atoms with Gasteiger partial charge in [0.1, 0.15) is 10.7 Å². The fraction of sp³-hybridized carbons (Fsp3) is 0.400. The van der Waals surface area contributed by atoms with E-state index in [0.717, 1.165) is 12.3 Å². The highest BCUT2D eigenvalue weighted by Gasteiger charge is 2.19. The summed E-state index contributed by atoms with van der Waals surface area (Å²) in [5.74, 6) is -0.884. The Labute approximate surface area is 98.8 Å². The van der Waals surface area contributed by atoms with Crippen molar-refractivity contribution >= 4 is 21.4 Å². The van der Waals surface area contributed by atoms with Crippen molar-refractivity contribution in [1.29, 1.82) is 0 Å². The van der Waals surface area contributed by atoms with E-state index in [9.17, 15) is 12.8 Å². The molecule has 0 aliphatic rings. The summed E-state index contributed by atoms with van der Waals surface area (Å²) in [4.78, 5) is -0.497. The molecule has 0 amide bonds. The highest BCUT2D eigenvalue weighted by Crippen LogP contribution is 2.26. The zero-order valence-electron chi connectivity index (χ0n) is 8.87. The average molecular weight is 267 g/mol. The maximum absolute atomic E-state index is 13.5. The average Bonchev–Trinajstić information content (AvgIpc) is 1.96. The third-order valence-electron chi connectivity index (χ3n) is 1.96. The predicted octanol–water partition coefficient (Wildman–Crippen LogP) is 1.81. The van der Waals surface area contributed by atoms with Crippen LogP contribution in [0.5, 0.6) is 0 Å². The monoisotopic (exact) mass is 266 g/mol. The van der Waals surface area contributed by atoms with Gasteiger partial charge in [-0.15, -0.1) is 0 Å². The number of hydrogen-bond donors (Lipinski definition) is 1. The van der Waals surface area contributed by atoms with Gasteiger partial charge in [-0.05, 0) is 31.0 Å². The Morgan fingerprint density at radius 1 is 1.50 bits per heavy atom. The summed E-state index contributed by atoms with van der Waals surface area (Å²) in [5.41, 5.74) is 0.463. The molecule has 0 aliphatic carbocycles. The largest absolute Gasteiger partial charge is 0.393 e. The van der Waals surface area contributed by atoms with Gasteiger partial charge in [-0.25, -0.2) is 12.8 Å². The van der Waals surface area contributed by atoms with Crippen LogP contribution in [0.25, 0.3) is 0 Å². The fourth-order valence-electron chi connectivity index (χ4n) is 1.43. The summed E-state index contributed by atoms with van der Waals surface area (Å²) in [6, 6.07) is 2.43. The quantitative estimate of drug-likeness (QED) is 0.908. The molecule has 6 heteroatoms. The number of halogens is 2. The zero-order valence-corrected chi connectivity index (χ0v) is 10.4. The molecule has 0 aromatic heterocycles. The Morgan fingerprint density at radius 3 is 2.44 bits per heavy atom. The lowest BCUT2D eigenvalue weighted by molar-refractivity contribution is 0.195. The van der Waals surface area contributed by atoms with Crippen molar-refractivity contribution in [1.82, 2.24) is 0 Å². The SMILES string of the molecule is CC(O)Cc1cc(F)c(S(C)(=O)=O)c(Cl)c1. The van der Waals surface area contributed by atoms with Crippen molar-refractivity contribution in [2.24, 2.45) is 0 Å². The number of aliphatic hydroxyl groups is 1. The second kappa shape index (κ2) is 4.69. The third-order valence-corrected chi connectivity index (χ3v) is 3.53. The highest BCUT2D eigenvalue weighted by atomic mass is 35.5. The topological polar surface area (TPSA) is 54.4 Å². The van der Waals surface area contributed by atoms with Crippen molar-refractivity contribution in [2.75, 3.05) is 6.26 Å². The van der Waals surface area contributed by atoms with Crippen molar-refractivity contribution < 1.29 is 17.9 Å². The van der Waals surface area contributed by atoms with Crippen molar-refractivity contribution in [3.05, 3.63) is 28.5 Å². The lowest BCUT2D eigenvalue weighted by atomic mass is 10.1. The van der Waals surface area contributed by atoms with Gasteiger partial charge in [-0.3, -0.25) is 0 Å². The lowest BCUT2D eigenvalue weighted by Gasteiger charge is -2.08. The first-order valence-corrected chi connectivity index (χ1v) is 6.85. The summed E-state index contributed by atoms with van der Waals surface area (Å²) in [5, 5.41) is 8.98.